The predicted octanol–water partition coefficient (Wildman–Crippen LogP) is 4.62. The van der Waals surface area contributed by atoms with Gasteiger partial charge in [0.2, 0.25) is 5.91 Å². The van der Waals surface area contributed by atoms with Crippen LogP contribution in [0, 0.1) is 5.92 Å². The number of halogens is 2. The number of hydrogen-bond acceptors (Lipinski definition) is 5. The Hall–Kier alpha value is -3.17. The van der Waals surface area contributed by atoms with Crippen molar-refractivity contribution in [3.8, 4) is 0 Å². The summed E-state index contributed by atoms with van der Waals surface area (Å²) in [6, 6.07) is 8.68. The van der Waals surface area contributed by atoms with E-state index < -0.39 is 11.5 Å². The molecule has 4 rings (SSSR count). The molecule has 10 heteroatoms. The van der Waals surface area contributed by atoms with Crippen LogP contribution in [0.2, 0.25) is 5.02 Å². The number of fused-ring (bicyclic) bond motifs is 1. The number of nitrogens with one attached hydrogen (secondary N) is 1. The van der Waals surface area contributed by atoms with Gasteiger partial charge in [-0.2, -0.15) is 0 Å². The zero-order valence-electron chi connectivity index (χ0n) is 21.8. The molecular weight excluding hydrogens is 570 g/mol. The maximum atomic E-state index is 13.7. The van der Waals surface area contributed by atoms with Gasteiger partial charge in [0.15, 0.2) is 0 Å². The minimum Gasteiger partial charge on any atom is -0.366 e. The van der Waals surface area contributed by atoms with E-state index in [1.165, 1.54) is 4.57 Å². The van der Waals surface area contributed by atoms with Gasteiger partial charge >= 0.3 is 0 Å². The zero-order chi connectivity index (χ0) is 27.6. The van der Waals surface area contributed by atoms with E-state index >= 15 is 0 Å². The molecule has 0 atom stereocenters. The number of likely N-dealkylation sites (tertiary alicyclic amines) is 1. The molecule has 1 aliphatic heterocycles. The van der Waals surface area contributed by atoms with Crippen molar-refractivity contribution in [2.45, 2.75) is 33.9 Å². The Labute approximate surface area is 235 Å². The molecule has 1 saturated heterocycles. The fourth-order valence-corrected chi connectivity index (χ4v) is 5.29. The molecule has 2 amide bonds. The molecule has 1 N–H and O–H groups in total. The van der Waals surface area contributed by atoms with Crippen molar-refractivity contribution in [2.75, 3.05) is 31.1 Å². The van der Waals surface area contributed by atoms with Crippen LogP contribution in [0.5, 0.6) is 0 Å². The number of carbonyl (C=O) groups excluding carboxylic acids is 2. The van der Waals surface area contributed by atoms with Crippen molar-refractivity contribution < 1.29 is 9.59 Å². The summed E-state index contributed by atoms with van der Waals surface area (Å²) in [4.78, 5) is 48.4. The van der Waals surface area contributed by atoms with Gasteiger partial charge < -0.3 is 15.1 Å². The van der Waals surface area contributed by atoms with Gasteiger partial charge in [-0.05, 0) is 59.5 Å². The highest BCUT2D eigenvalue weighted by Crippen LogP contribution is 2.34. The van der Waals surface area contributed by atoms with E-state index in [2.05, 4.69) is 44.6 Å². The van der Waals surface area contributed by atoms with Crippen molar-refractivity contribution >= 4 is 56.1 Å². The summed E-state index contributed by atoms with van der Waals surface area (Å²) in [5.41, 5.74) is 2.32. The molecule has 1 aromatic carbocycles. The molecule has 8 nitrogen and oxygen atoms in total. The van der Waals surface area contributed by atoms with Gasteiger partial charge in [-0.15, -0.1) is 0 Å². The van der Waals surface area contributed by atoms with E-state index in [-0.39, 0.29) is 24.6 Å². The zero-order valence-corrected chi connectivity index (χ0v) is 24.1. The number of hydrogen-bond donors (Lipinski definition) is 1. The summed E-state index contributed by atoms with van der Waals surface area (Å²) in [6.45, 7) is 12.6. The largest absolute Gasteiger partial charge is 0.366 e. The molecule has 3 heterocycles. The summed E-state index contributed by atoms with van der Waals surface area (Å²) in [5.74, 6) is -0.274. The Morgan fingerprint density at radius 2 is 1.95 bits per heavy atom. The Balaban J connectivity index is 1.81. The maximum absolute atomic E-state index is 13.7. The quantitative estimate of drug-likeness (QED) is 0.362. The molecule has 0 saturated carbocycles. The summed E-state index contributed by atoms with van der Waals surface area (Å²) in [7, 11) is 0. The smallest absolute Gasteiger partial charge is 0.265 e. The molecule has 2 aromatic heterocycles. The number of likely N-dealkylation sites (N-methyl/N-ethyl adjacent to an activating group) is 1. The van der Waals surface area contributed by atoms with Gasteiger partial charge in [0.1, 0.15) is 17.8 Å². The molecule has 200 valence electrons. The van der Waals surface area contributed by atoms with Crippen LogP contribution >= 0.6 is 27.5 Å². The first-order valence-corrected chi connectivity index (χ1v) is 13.7. The Morgan fingerprint density at radius 3 is 2.55 bits per heavy atom. The SMILES string of the molecule is C=C(C)CN(CC)c1c(Br)cnc2c1cc(C(=O)NCc1ccc(Cl)cc1)c(=O)n2CC(=O)N1CC(C)C1. The Bertz CT molecular complexity index is 1450. The first-order valence-electron chi connectivity index (χ1n) is 12.5. The van der Waals surface area contributed by atoms with Crippen LogP contribution in [0.1, 0.15) is 36.7 Å². The van der Waals surface area contributed by atoms with Gasteiger partial charge in [-0.25, -0.2) is 4.98 Å². The number of benzene rings is 1. The van der Waals surface area contributed by atoms with Crippen LogP contribution in [-0.2, 0) is 17.9 Å². The van der Waals surface area contributed by atoms with E-state index in [4.69, 9.17) is 11.6 Å². The third kappa shape index (κ3) is 5.94. The van der Waals surface area contributed by atoms with Crippen molar-refractivity contribution in [3.05, 3.63) is 79.7 Å². The number of nitrogens with zero attached hydrogens (tertiary/aromatic N) is 4. The fourth-order valence-electron chi connectivity index (χ4n) is 4.60. The van der Waals surface area contributed by atoms with Gasteiger partial charge in [0.05, 0.1) is 10.2 Å². The molecule has 38 heavy (non-hydrogen) atoms. The molecule has 1 aliphatic rings. The van der Waals surface area contributed by atoms with Gasteiger partial charge in [0.25, 0.3) is 11.5 Å². The third-order valence-electron chi connectivity index (χ3n) is 6.52. The topological polar surface area (TPSA) is 87.5 Å². The molecule has 3 aromatic rings. The van der Waals surface area contributed by atoms with Crippen LogP contribution in [0.4, 0.5) is 5.69 Å². The van der Waals surface area contributed by atoms with Crippen molar-refractivity contribution in [2.24, 2.45) is 5.92 Å². The van der Waals surface area contributed by atoms with E-state index in [0.717, 1.165) is 16.8 Å². The Kier molecular flexibility index (Phi) is 8.57. The summed E-state index contributed by atoms with van der Waals surface area (Å²) in [5, 5.41) is 4.03. The normalized spacial score (nSPS) is 13.3. The minimum atomic E-state index is -0.559. The maximum Gasteiger partial charge on any atom is 0.265 e. The van der Waals surface area contributed by atoms with Crippen LogP contribution in [0.3, 0.4) is 0 Å². The van der Waals surface area contributed by atoms with E-state index in [9.17, 15) is 14.4 Å². The number of anilines is 1. The highest BCUT2D eigenvalue weighted by atomic mass is 79.9. The monoisotopic (exact) mass is 599 g/mol. The Morgan fingerprint density at radius 1 is 1.26 bits per heavy atom. The molecular formula is C28H31BrClN5O3. The van der Waals surface area contributed by atoms with E-state index in [0.29, 0.717) is 52.6 Å². The summed E-state index contributed by atoms with van der Waals surface area (Å²) in [6.07, 6.45) is 1.63. The fraction of sp³-hybridized carbons (Fsp3) is 0.357. The summed E-state index contributed by atoms with van der Waals surface area (Å²) < 4.78 is 2.04. The lowest BCUT2D eigenvalue weighted by atomic mass is 10.0. The number of amides is 2. The average molecular weight is 601 g/mol. The number of rotatable bonds is 9. The lowest BCUT2D eigenvalue weighted by Crippen LogP contribution is -2.50. The molecule has 0 spiro atoms. The van der Waals surface area contributed by atoms with Gasteiger partial charge in [-0.1, -0.05) is 42.8 Å². The third-order valence-corrected chi connectivity index (χ3v) is 7.35. The number of carbonyl (C=O) groups is 2. The predicted molar refractivity (Wildman–Crippen MR) is 155 cm³/mol. The molecule has 0 unspecified atom stereocenters. The molecule has 0 aliphatic carbocycles. The van der Waals surface area contributed by atoms with Crippen LogP contribution in [-0.4, -0.2) is 52.4 Å². The van der Waals surface area contributed by atoms with Crippen LogP contribution < -0.4 is 15.8 Å². The highest BCUT2D eigenvalue weighted by Gasteiger charge is 2.29. The second-order valence-electron chi connectivity index (χ2n) is 9.83. The summed E-state index contributed by atoms with van der Waals surface area (Å²) >= 11 is 9.58. The molecule has 0 radical (unpaired) electrons. The van der Waals surface area contributed by atoms with E-state index in [1.54, 1.807) is 29.3 Å². The number of aromatic nitrogens is 2. The molecule has 1 fully saturated rings. The second-order valence-corrected chi connectivity index (χ2v) is 11.1. The van der Waals surface area contributed by atoms with E-state index in [1.807, 2.05) is 26.0 Å². The second kappa shape index (κ2) is 11.7. The van der Waals surface area contributed by atoms with Crippen molar-refractivity contribution in [1.82, 2.24) is 19.8 Å². The first-order chi connectivity index (χ1) is 18.1. The average Bonchev–Trinajstić information content (AvgIpc) is 2.86. The highest BCUT2D eigenvalue weighted by molar-refractivity contribution is 9.10. The van der Waals surface area contributed by atoms with Gasteiger partial charge in [0, 0.05) is 49.3 Å². The number of pyridine rings is 2. The first kappa shape index (κ1) is 27.9. The lowest BCUT2D eigenvalue weighted by Gasteiger charge is -2.37. The van der Waals surface area contributed by atoms with Gasteiger partial charge in [-0.3, -0.25) is 19.0 Å². The molecule has 0 bridgehead atoms. The standard InChI is InChI=1S/C28H31BrClN5O3/c1-5-33(13-17(2)3)25-21-10-22(27(37)32-11-19-6-8-20(30)9-7-19)28(38)35(26(21)31-12-23(25)29)16-24(36)34-14-18(4)15-34/h6-10,12,18H,2,5,11,13-16H2,1,3-4H3,(H,32,37). The van der Waals surface area contributed by atoms with Crippen molar-refractivity contribution in [1.29, 1.82) is 0 Å². The minimum absolute atomic E-state index is 0.0521. The van der Waals surface area contributed by atoms with Crippen LogP contribution in [0.25, 0.3) is 11.0 Å². The van der Waals surface area contributed by atoms with Crippen molar-refractivity contribution in [3.63, 3.8) is 0 Å². The van der Waals surface area contributed by atoms with Crippen LogP contribution in [0.15, 0.2) is 57.9 Å². The lowest BCUT2D eigenvalue weighted by molar-refractivity contribution is -0.137.